The number of hydrogen-bond donors (Lipinski definition) is 3. The second-order valence-electron chi connectivity index (χ2n) is 7.85. The van der Waals surface area contributed by atoms with Crippen LogP contribution in [0.3, 0.4) is 0 Å². The average molecular weight is 515 g/mol. The maximum absolute atomic E-state index is 14.7. The van der Waals surface area contributed by atoms with Gasteiger partial charge in [0.25, 0.3) is 0 Å². The Morgan fingerprint density at radius 2 is 2.11 bits per heavy atom. The van der Waals surface area contributed by atoms with E-state index in [9.17, 15) is 14.0 Å². The van der Waals surface area contributed by atoms with E-state index in [2.05, 4.69) is 25.9 Å². The molecule has 0 saturated heterocycles. The largest absolute Gasteiger partial charge is 0.489 e. The van der Waals surface area contributed by atoms with Crippen LogP contribution >= 0.6 is 11.6 Å². The fraction of sp³-hybridized carbons (Fsp3) is 0.250. The molecule has 0 atom stereocenters. The minimum Gasteiger partial charge on any atom is -0.489 e. The van der Waals surface area contributed by atoms with Crippen LogP contribution in [-0.4, -0.2) is 48.8 Å². The summed E-state index contributed by atoms with van der Waals surface area (Å²) in [5.74, 6) is -0.133. The molecule has 2 amide bonds. The molecule has 0 saturated carbocycles. The monoisotopic (exact) mass is 514 g/mol. The van der Waals surface area contributed by atoms with E-state index in [4.69, 9.17) is 21.1 Å². The number of nitrogens with one attached hydrogen (secondary N) is 3. The van der Waals surface area contributed by atoms with Gasteiger partial charge >= 0.3 is 6.09 Å². The topological polar surface area (TPSA) is 118 Å². The molecule has 0 spiro atoms. The molecule has 188 valence electrons. The van der Waals surface area contributed by atoms with Gasteiger partial charge in [-0.15, -0.1) is 0 Å². The first-order valence-corrected chi connectivity index (χ1v) is 11.5. The first-order valence-electron chi connectivity index (χ1n) is 11.1. The zero-order chi connectivity index (χ0) is 25.7. The van der Waals surface area contributed by atoms with Crippen LogP contribution < -0.4 is 25.6 Å². The number of cyclic esters (lactones) is 1. The molecular weight excluding hydrogens is 491 g/mol. The normalized spacial score (nSPS) is 12.8. The van der Waals surface area contributed by atoms with E-state index in [-0.39, 0.29) is 53.9 Å². The van der Waals surface area contributed by atoms with Crippen molar-refractivity contribution in [1.82, 2.24) is 15.3 Å². The van der Waals surface area contributed by atoms with E-state index in [1.807, 2.05) is 12.1 Å². The maximum Gasteiger partial charge on any atom is 0.414 e. The Bertz CT molecular complexity index is 1290. The van der Waals surface area contributed by atoms with Gasteiger partial charge in [-0.3, -0.25) is 9.69 Å². The molecule has 10 nitrogen and oxygen atoms in total. The van der Waals surface area contributed by atoms with Crippen molar-refractivity contribution in [2.45, 2.75) is 13.3 Å². The molecule has 3 N–H and O–H groups in total. The molecule has 2 aromatic carbocycles. The van der Waals surface area contributed by atoms with Crippen LogP contribution in [0.2, 0.25) is 5.02 Å². The standard InChI is InChI=1S/C24H24ClFN6O4/c1-14(33)27-9-11-35-20-5-3-4-18(26)21(20)30-22-17(25)13-28-23(31-22)29-16-6-7-19-15(12-16)8-10-36-24(34)32(19)2/h3-7,12-13H,8-11H2,1-2H3,(H,27,33)(H2,28,29,30,31). The summed E-state index contributed by atoms with van der Waals surface area (Å²) in [5, 5.41) is 8.77. The van der Waals surface area contributed by atoms with Gasteiger partial charge in [-0.25, -0.2) is 14.2 Å². The molecule has 0 aliphatic carbocycles. The van der Waals surface area contributed by atoms with Crippen molar-refractivity contribution in [3.63, 3.8) is 0 Å². The highest BCUT2D eigenvalue weighted by atomic mass is 35.5. The smallest absolute Gasteiger partial charge is 0.414 e. The lowest BCUT2D eigenvalue weighted by molar-refractivity contribution is -0.119. The lowest BCUT2D eigenvalue weighted by Crippen LogP contribution is -2.25. The molecule has 4 rings (SSSR count). The Morgan fingerprint density at radius 1 is 1.28 bits per heavy atom. The highest BCUT2D eigenvalue weighted by Crippen LogP contribution is 2.33. The summed E-state index contributed by atoms with van der Waals surface area (Å²) < 4.78 is 25.4. The van der Waals surface area contributed by atoms with E-state index < -0.39 is 11.9 Å². The van der Waals surface area contributed by atoms with Gasteiger partial charge in [0.05, 0.1) is 25.0 Å². The third-order valence-electron chi connectivity index (χ3n) is 5.26. The average Bonchev–Trinajstić information content (AvgIpc) is 2.98. The van der Waals surface area contributed by atoms with Gasteiger partial charge < -0.3 is 25.4 Å². The minimum absolute atomic E-state index is 0.0459. The number of rotatable bonds is 8. The first-order chi connectivity index (χ1) is 17.3. The summed E-state index contributed by atoms with van der Waals surface area (Å²) in [6.45, 7) is 2.09. The Hall–Kier alpha value is -4.12. The van der Waals surface area contributed by atoms with Crippen LogP contribution in [0.5, 0.6) is 5.75 Å². The number of ether oxygens (including phenoxy) is 2. The Kier molecular flexibility index (Phi) is 7.69. The SMILES string of the molecule is CC(=O)NCCOc1cccc(F)c1Nc1nc(Nc2ccc3c(c2)CCOC(=O)N3C)ncc1Cl. The number of carbonyl (C=O) groups is 2. The maximum atomic E-state index is 14.7. The molecule has 1 aliphatic rings. The van der Waals surface area contributed by atoms with Gasteiger partial charge in [0.2, 0.25) is 11.9 Å². The molecule has 36 heavy (non-hydrogen) atoms. The van der Waals surface area contributed by atoms with Crippen LogP contribution in [0.1, 0.15) is 12.5 Å². The molecule has 2 heterocycles. The number of hydrogen-bond acceptors (Lipinski definition) is 8. The first kappa shape index (κ1) is 25.0. The van der Waals surface area contributed by atoms with Crippen molar-refractivity contribution in [2.75, 3.05) is 42.3 Å². The zero-order valence-electron chi connectivity index (χ0n) is 19.6. The molecule has 3 aromatic rings. The highest BCUT2D eigenvalue weighted by Gasteiger charge is 2.20. The summed E-state index contributed by atoms with van der Waals surface area (Å²) >= 11 is 6.28. The van der Waals surface area contributed by atoms with Gasteiger partial charge in [0.15, 0.2) is 11.6 Å². The van der Waals surface area contributed by atoms with Crippen molar-refractivity contribution < 1.29 is 23.5 Å². The van der Waals surface area contributed by atoms with Gasteiger partial charge in [-0.1, -0.05) is 17.7 Å². The van der Waals surface area contributed by atoms with Crippen LogP contribution in [-0.2, 0) is 16.0 Å². The summed E-state index contributed by atoms with van der Waals surface area (Å²) in [6, 6.07) is 9.86. The minimum atomic E-state index is -0.567. The van der Waals surface area contributed by atoms with Crippen molar-refractivity contribution in [1.29, 1.82) is 0 Å². The van der Waals surface area contributed by atoms with Crippen LogP contribution in [0.25, 0.3) is 0 Å². The number of anilines is 5. The fourth-order valence-corrected chi connectivity index (χ4v) is 3.67. The van der Waals surface area contributed by atoms with E-state index in [0.29, 0.717) is 12.1 Å². The van der Waals surface area contributed by atoms with E-state index >= 15 is 0 Å². The van der Waals surface area contributed by atoms with E-state index in [0.717, 1.165) is 11.3 Å². The second kappa shape index (κ2) is 11.1. The predicted octanol–water partition coefficient (Wildman–Crippen LogP) is 4.40. The van der Waals surface area contributed by atoms with Crippen LogP contribution in [0.4, 0.5) is 38.0 Å². The number of amides is 2. The lowest BCUT2D eigenvalue weighted by Gasteiger charge is -2.17. The lowest BCUT2D eigenvalue weighted by atomic mass is 10.1. The number of carbonyl (C=O) groups excluding carboxylic acids is 2. The number of para-hydroxylation sites is 1. The predicted molar refractivity (Wildman–Crippen MR) is 134 cm³/mol. The van der Waals surface area contributed by atoms with E-state index in [1.165, 1.54) is 30.2 Å². The fourth-order valence-electron chi connectivity index (χ4n) is 3.53. The molecule has 12 heteroatoms. The number of aromatic nitrogens is 2. The zero-order valence-corrected chi connectivity index (χ0v) is 20.4. The quantitative estimate of drug-likeness (QED) is 0.379. The molecule has 1 aromatic heterocycles. The number of halogens is 2. The molecule has 0 unspecified atom stereocenters. The van der Waals surface area contributed by atoms with Gasteiger partial charge in [0, 0.05) is 26.1 Å². The summed E-state index contributed by atoms with van der Waals surface area (Å²) in [5.41, 5.74) is 2.42. The van der Waals surface area contributed by atoms with Crippen molar-refractivity contribution in [3.8, 4) is 5.75 Å². The molecule has 0 bridgehead atoms. The summed E-state index contributed by atoms with van der Waals surface area (Å²) in [6.07, 6.45) is 1.55. The van der Waals surface area contributed by atoms with Crippen molar-refractivity contribution in [3.05, 3.63) is 59.0 Å². The highest BCUT2D eigenvalue weighted by molar-refractivity contribution is 6.33. The Labute approximate surface area is 211 Å². The third-order valence-corrected chi connectivity index (χ3v) is 5.54. The van der Waals surface area contributed by atoms with Crippen LogP contribution in [0.15, 0.2) is 42.6 Å². The van der Waals surface area contributed by atoms with Gasteiger partial charge in [-0.2, -0.15) is 4.98 Å². The Morgan fingerprint density at radius 3 is 2.92 bits per heavy atom. The van der Waals surface area contributed by atoms with E-state index in [1.54, 1.807) is 19.2 Å². The number of nitrogens with zero attached hydrogens (tertiary/aromatic N) is 3. The molecule has 1 aliphatic heterocycles. The molecular formula is C24H24ClFN6O4. The van der Waals surface area contributed by atoms with Gasteiger partial charge in [-0.05, 0) is 35.9 Å². The number of benzene rings is 2. The molecule has 0 radical (unpaired) electrons. The third kappa shape index (κ3) is 5.92. The van der Waals surface area contributed by atoms with Crippen LogP contribution in [0, 0.1) is 5.82 Å². The number of fused-ring (bicyclic) bond motifs is 1. The summed E-state index contributed by atoms with van der Waals surface area (Å²) in [4.78, 5) is 33.0. The summed E-state index contributed by atoms with van der Waals surface area (Å²) in [7, 11) is 1.65. The van der Waals surface area contributed by atoms with Crippen molar-refractivity contribution in [2.24, 2.45) is 0 Å². The Balaban J connectivity index is 1.53. The molecule has 0 fully saturated rings. The second-order valence-corrected chi connectivity index (χ2v) is 8.26. The van der Waals surface area contributed by atoms with Gasteiger partial charge in [0.1, 0.15) is 23.1 Å². The van der Waals surface area contributed by atoms with Crippen molar-refractivity contribution >= 4 is 52.4 Å².